The van der Waals surface area contributed by atoms with Crippen LogP contribution in [0.25, 0.3) is 0 Å². The molecule has 0 aliphatic heterocycles. The molecule has 0 bridgehead atoms. The number of amides is 2. The lowest BCUT2D eigenvalue weighted by molar-refractivity contribution is 0.0232. The molecule has 0 saturated heterocycles. The van der Waals surface area contributed by atoms with Gasteiger partial charge in [0.15, 0.2) is 0 Å². The standard InChI is InChI=1S/C34H45N3O2/c1-25(2)32(34(39,29-15-9-5-10-16-29)30-17-11-6-12-18-30)37-33(38)36-31-21-19-27(20-22-31)23-24-35-26(3)28-13-7-4-8-14-28/h4-18,25-27,31-32,35,39H,19-24H2,1-3H3,(H2,36,37,38)/t26-,27-,31-,32-/m1/s1. The van der Waals surface area contributed by atoms with E-state index in [0.717, 1.165) is 49.8 Å². The molecule has 2 amide bonds. The van der Waals surface area contributed by atoms with Crippen molar-refractivity contribution in [1.82, 2.24) is 16.0 Å². The van der Waals surface area contributed by atoms with Gasteiger partial charge >= 0.3 is 6.03 Å². The first-order valence-corrected chi connectivity index (χ1v) is 14.6. The first-order chi connectivity index (χ1) is 18.9. The Balaban J connectivity index is 1.31. The van der Waals surface area contributed by atoms with Crippen LogP contribution in [0.15, 0.2) is 91.0 Å². The molecular formula is C34H45N3O2. The second kappa shape index (κ2) is 13.8. The first-order valence-electron chi connectivity index (χ1n) is 14.6. The van der Waals surface area contributed by atoms with E-state index < -0.39 is 11.6 Å². The molecule has 3 aromatic rings. The number of hydrogen-bond acceptors (Lipinski definition) is 3. The van der Waals surface area contributed by atoms with E-state index >= 15 is 0 Å². The van der Waals surface area contributed by atoms with Gasteiger partial charge in [-0.1, -0.05) is 105 Å². The van der Waals surface area contributed by atoms with Gasteiger partial charge in [0, 0.05) is 12.1 Å². The van der Waals surface area contributed by atoms with Crippen LogP contribution in [0.5, 0.6) is 0 Å². The molecule has 0 aromatic heterocycles. The number of aliphatic hydroxyl groups is 1. The lowest BCUT2D eigenvalue weighted by atomic mass is 9.76. The van der Waals surface area contributed by atoms with Crippen molar-refractivity contribution in [2.24, 2.45) is 11.8 Å². The van der Waals surface area contributed by atoms with E-state index in [-0.39, 0.29) is 18.0 Å². The molecule has 5 nitrogen and oxygen atoms in total. The molecule has 0 spiro atoms. The third-order valence-electron chi connectivity index (χ3n) is 8.32. The van der Waals surface area contributed by atoms with Gasteiger partial charge in [0.25, 0.3) is 0 Å². The second-order valence-electron chi connectivity index (χ2n) is 11.4. The largest absolute Gasteiger partial charge is 0.378 e. The molecule has 4 rings (SSSR count). The zero-order valence-corrected chi connectivity index (χ0v) is 23.6. The number of benzene rings is 3. The Kier molecular flexibility index (Phi) is 10.2. The van der Waals surface area contributed by atoms with E-state index in [9.17, 15) is 9.90 Å². The van der Waals surface area contributed by atoms with Crippen molar-refractivity contribution in [2.75, 3.05) is 6.54 Å². The second-order valence-corrected chi connectivity index (χ2v) is 11.4. The van der Waals surface area contributed by atoms with Crippen molar-refractivity contribution >= 4 is 6.03 Å². The summed E-state index contributed by atoms with van der Waals surface area (Å²) >= 11 is 0. The number of hydrogen-bond donors (Lipinski definition) is 4. The third-order valence-corrected chi connectivity index (χ3v) is 8.32. The fraction of sp³-hybridized carbons (Fsp3) is 0.441. The predicted molar refractivity (Wildman–Crippen MR) is 159 cm³/mol. The van der Waals surface area contributed by atoms with Crippen molar-refractivity contribution < 1.29 is 9.90 Å². The van der Waals surface area contributed by atoms with Crippen LogP contribution in [0, 0.1) is 11.8 Å². The summed E-state index contributed by atoms with van der Waals surface area (Å²) in [5, 5.41) is 22.3. The first kappa shape index (κ1) is 28.8. The molecule has 5 heteroatoms. The zero-order valence-electron chi connectivity index (χ0n) is 23.6. The smallest absolute Gasteiger partial charge is 0.315 e. The summed E-state index contributed by atoms with van der Waals surface area (Å²) < 4.78 is 0. The van der Waals surface area contributed by atoms with E-state index in [1.807, 2.05) is 74.5 Å². The molecule has 208 valence electrons. The maximum absolute atomic E-state index is 13.3. The average Bonchev–Trinajstić information content (AvgIpc) is 2.97. The Morgan fingerprint density at radius 2 is 1.33 bits per heavy atom. The summed E-state index contributed by atoms with van der Waals surface area (Å²) in [4.78, 5) is 13.3. The Morgan fingerprint density at radius 3 is 1.85 bits per heavy atom. The van der Waals surface area contributed by atoms with Crippen molar-refractivity contribution in [3.8, 4) is 0 Å². The number of carbonyl (C=O) groups excluding carboxylic acids is 1. The Labute approximate surface area is 234 Å². The lowest BCUT2D eigenvalue weighted by Gasteiger charge is -2.40. The van der Waals surface area contributed by atoms with Gasteiger partial charge in [-0.25, -0.2) is 4.79 Å². The van der Waals surface area contributed by atoms with E-state index in [4.69, 9.17) is 0 Å². The molecule has 0 heterocycles. The summed E-state index contributed by atoms with van der Waals surface area (Å²) in [7, 11) is 0. The molecule has 1 aliphatic rings. The highest BCUT2D eigenvalue weighted by Gasteiger charge is 2.43. The predicted octanol–water partition coefficient (Wildman–Crippen LogP) is 6.55. The Bertz CT molecular complexity index is 1090. The molecule has 1 saturated carbocycles. The van der Waals surface area contributed by atoms with Gasteiger partial charge in [0.1, 0.15) is 5.60 Å². The molecule has 1 fully saturated rings. The van der Waals surface area contributed by atoms with Crippen LogP contribution >= 0.6 is 0 Å². The van der Waals surface area contributed by atoms with Crippen molar-refractivity contribution in [1.29, 1.82) is 0 Å². The fourth-order valence-electron chi connectivity index (χ4n) is 5.99. The maximum atomic E-state index is 13.3. The van der Waals surface area contributed by atoms with Gasteiger partial charge in [-0.15, -0.1) is 0 Å². The van der Waals surface area contributed by atoms with Crippen molar-refractivity contribution in [2.45, 2.75) is 76.6 Å². The van der Waals surface area contributed by atoms with Crippen LogP contribution in [0.3, 0.4) is 0 Å². The minimum absolute atomic E-state index is 0.00248. The van der Waals surface area contributed by atoms with Crippen LogP contribution in [-0.2, 0) is 5.60 Å². The number of rotatable bonds is 11. The molecular weight excluding hydrogens is 482 g/mol. The van der Waals surface area contributed by atoms with Crippen LogP contribution < -0.4 is 16.0 Å². The summed E-state index contributed by atoms with van der Waals surface area (Å²) in [5.41, 5.74) is 1.51. The minimum atomic E-state index is -1.35. The molecule has 0 unspecified atom stereocenters. The SMILES string of the molecule is CC(C)[C@@H](NC(=O)N[C@H]1CC[C@H](CCN[C@H](C)c2ccccc2)CC1)C(O)(c1ccccc1)c1ccccc1. The van der Waals surface area contributed by atoms with Crippen LogP contribution in [0.4, 0.5) is 4.79 Å². The Hall–Kier alpha value is -3.15. The van der Waals surface area contributed by atoms with Gasteiger partial charge in [0.05, 0.1) is 6.04 Å². The number of carbonyl (C=O) groups is 1. The summed E-state index contributed by atoms with van der Waals surface area (Å²) in [6.07, 6.45) is 5.38. The van der Waals surface area contributed by atoms with Crippen molar-refractivity contribution in [3.63, 3.8) is 0 Å². The van der Waals surface area contributed by atoms with Gasteiger partial charge in [0.2, 0.25) is 0 Å². The highest BCUT2D eigenvalue weighted by atomic mass is 16.3. The molecule has 3 aromatic carbocycles. The lowest BCUT2D eigenvalue weighted by Crippen LogP contribution is -2.57. The quantitative estimate of drug-likeness (QED) is 0.229. The van der Waals surface area contributed by atoms with Gasteiger partial charge < -0.3 is 21.1 Å². The van der Waals surface area contributed by atoms with E-state index in [2.05, 4.69) is 53.2 Å². The van der Waals surface area contributed by atoms with E-state index in [0.29, 0.717) is 12.0 Å². The van der Waals surface area contributed by atoms with Gasteiger partial charge in [-0.2, -0.15) is 0 Å². The average molecular weight is 528 g/mol. The molecule has 39 heavy (non-hydrogen) atoms. The third kappa shape index (κ3) is 7.49. The number of urea groups is 1. The molecule has 1 aliphatic carbocycles. The highest BCUT2D eigenvalue weighted by molar-refractivity contribution is 5.75. The summed E-state index contributed by atoms with van der Waals surface area (Å²) in [6, 6.07) is 29.7. The molecule has 0 radical (unpaired) electrons. The summed E-state index contributed by atoms with van der Waals surface area (Å²) in [6.45, 7) is 7.31. The van der Waals surface area contributed by atoms with E-state index in [1.54, 1.807) is 0 Å². The minimum Gasteiger partial charge on any atom is -0.378 e. The van der Waals surface area contributed by atoms with Crippen LogP contribution in [0.2, 0.25) is 0 Å². The van der Waals surface area contributed by atoms with Crippen LogP contribution in [-0.4, -0.2) is 29.8 Å². The van der Waals surface area contributed by atoms with Gasteiger partial charge in [-0.3, -0.25) is 0 Å². The van der Waals surface area contributed by atoms with E-state index in [1.165, 1.54) is 5.56 Å². The summed E-state index contributed by atoms with van der Waals surface area (Å²) in [5.74, 6) is 0.689. The van der Waals surface area contributed by atoms with Crippen molar-refractivity contribution in [3.05, 3.63) is 108 Å². The fourth-order valence-corrected chi connectivity index (χ4v) is 5.99. The number of nitrogens with one attached hydrogen (secondary N) is 3. The topological polar surface area (TPSA) is 73.4 Å². The zero-order chi connectivity index (χ0) is 27.7. The Morgan fingerprint density at radius 1 is 0.821 bits per heavy atom. The van der Waals surface area contributed by atoms with Gasteiger partial charge in [-0.05, 0) is 74.1 Å². The highest BCUT2D eigenvalue weighted by Crippen LogP contribution is 2.36. The monoisotopic (exact) mass is 527 g/mol. The molecule has 2 atom stereocenters. The maximum Gasteiger partial charge on any atom is 0.315 e. The van der Waals surface area contributed by atoms with Crippen LogP contribution in [0.1, 0.15) is 75.6 Å². The normalized spacial score (nSPS) is 19.3. The molecule has 4 N–H and O–H groups in total.